The van der Waals surface area contributed by atoms with E-state index in [0.29, 0.717) is 16.3 Å². The van der Waals surface area contributed by atoms with Gasteiger partial charge in [0.05, 0.1) is 12.8 Å². The summed E-state index contributed by atoms with van der Waals surface area (Å²) in [5, 5.41) is 12.3. The second-order valence-corrected chi connectivity index (χ2v) is 8.31. The van der Waals surface area contributed by atoms with Crippen LogP contribution in [0.25, 0.3) is 0 Å². The topological polar surface area (TPSA) is 88.1 Å². The van der Waals surface area contributed by atoms with Crippen LogP contribution in [0.4, 0.5) is 10.5 Å². The van der Waals surface area contributed by atoms with Crippen molar-refractivity contribution in [2.75, 3.05) is 25.1 Å². The highest BCUT2D eigenvalue weighted by atomic mass is 35.5. The van der Waals surface area contributed by atoms with Crippen molar-refractivity contribution in [3.63, 3.8) is 0 Å². The van der Waals surface area contributed by atoms with Crippen molar-refractivity contribution in [2.45, 2.75) is 58.1 Å². The third kappa shape index (κ3) is 6.19. The Bertz CT molecular complexity index is 711. The quantitative estimate of drug-likeness (QED) is 0.737. The van der Waals surface area contributed by atoms with Gasteiger partial charge in [0.15, 0.2) is 0 Å². The van der Waals surface area contributed by atoms with Gasteiger partial charge < -0.3 is 24.8 Å². The molecule has 0 spiro atoms. The molecule has 0 saturated carbocycles. The summed E-state index contributed by atoms with van der Waals surface area (Å²) in [6, 6.07) is 2.39. The van der Waals surface area contributed by atoms with Crippen LogP contribution in [0.2, 0.25) is 5.02 Å². The average Bonchev–Trinajstić information content (AvgIpc) is 2.61. The number of piperidine rings is 1. The zero-order valence-corrected chi connectivity index (χ0v) is 17.6. The third-order valence-corrected chi connectivity index (χ3v) is 4.81. The van der Waals surface area contributed by atoms with E-state index in [4.69, 9.17) is 21.1 Å². The van der Waals surface area contributed by atoms with Crippen molar-refractivity contribution in [1.82, 2.24) is 5.32 Å². The predicted molar refractivity (Wildman–Crippen MR) is 109 cm³/mol. The van der Waals surface area contributed by atoms with Crippen molar-refractivity contribution in [2.24, 2.45) is 0 Å². The van der Waals surface area contributed by atoms with Crippen LogP contribution in [0.3, 0.4) is 0 Å². The van der Waals surface area contributed by atoms with Gasteiger partial charge in [-0.05, 0) is 57.7 Å². The standard InChI is InChI=1S/C20H29ClN2O5/c1-20(2,3)28-19(26)22-15(18(24)25)10-13-11-17(27-4)16(12-14(13)21)23-8-6-5-7-9-23/h11-12,15H,5-10H2,1-4H3,(H,22,26)(H,24,25). The molecular weight excluding hydrogens is 384 g/mol. The molecule has 1 heterocycles. The Balaban J connectivity index is 2.20. The number of aliphatic carboxylic acids is 1. The summed E-state index contributed by atoms with van der Waals surface area (Å²) in [5.41, 5.74) is 0.773. The number of anilines is 1. The summed E-state index contributed by atoms with van der Waals surface area (Å²) in [5.74, 6) is -0.524. The van der Waals surface area contributed by atoms with Gasteiger partial charge in [0, 0.05) is 24.5 Å². The number of nitrogens with one attached hydrogen (secondary N) is 1. The molecule has 1 aromatic carbocycles. The minimum atomic E-state index is -1.17. The highest BCUT2D eigenvalue weighted by Gasteiger charge is 2.26. The maximum Gasteiger partial charge on any atom is 0.408 e. The number of carbonyl (C=O) groups is 2. The van der Waals surface area contributed by atoms with E-state index < -0.39 is 23.7 Å². The molecule has 1 amide bonds. The van der Waals surface area contributed by atoms with Gasteiger partial charge >= 0.3 is 12.1 Å². The number of methoxy groups -OCH3 is 1. The summed E-state index contributed by atoms with van der Waals surface area (Å²) < 4.78 is 10.7. The molecule has 156 valence electrons. The number of carboxylic acid groups (broad SMARTS) is 1. The molecule has 1 aromatic rings. The number of ether oxygens (including phenoxy) is 2. The summed E-state index contributed by atoms with van der Waals surface area (Å²) in [6.07, 6.45) is 2.67. The van der Waals surface area contributed by atoms with Crippen molar-refractivity contribution in [1.29, 1.82) is 0 Å². The fourth-order valence-electron chi connectivity index (χ4n) is 3.16. The minimum absolute atomic E-state index is 0.0179. The zero-order chi connectivity index (χ0) is 20.9. The van der Waals surface area contributed by atoms with Crippen molar-refractivity contribution >= 4 is 29.4 Å². The lowest BCUT2D eigenvalue weighted by Crippen LogP contribution is -2.44. The monoisotopic (exact) mass is 412 g/mol. The average molecular weight is 413 g/mol. The van der Waals surface area contributed by atoms with E-state index in [1.807, 2.05) is 6.07 Å². The maximum absolute atomic E-state index is 12.0. The Labute approximate surface area is 170 Å². The van der Waals surface area contributed by atoms with E-state index in [9.17, 15) is 14.7 Å². The number of amides is 1. The van der Waals surface area contributed by atoms with Gasteiger partial charge in [-0.2, -0.15) is 0 Å². The SMILES string of the molecule is COc1cc(CC(NC(=O)OC(C)(C)C)C(=O)O)c(Cl)cc1N1CCCCC1. The lowest BCUT2D eigenvalue weighted by molar-refractivity contribution is -0.139. The molecule has 0 aliphatic carbocycles. The molecule has 1 unspecified atom stereocenters. The Kier molecular flexibility index (Phi) is 7.41. The van der Waals surface area contributed by atoms with Crippen LogP contribution in [0.1, 0.15) is 45.6 Å². The van der Waals surface area contributed by atoms with Crippen LogP contribution < -0.4 is 15.0 Å². The molecule has 1 atom stereocenters. The summed E-state index contributed by atoms with van der Waals surface area (Å²) in [4.78, 5) is 25.8. The Morgan fingerprint density at radius 3 is 2.43 bits per heavy atom. The molecule has 7 nitrogen and oxygen atoms in total. The molecule has 0 radical (unpaired) electrons. The molecule has 2 rings (SSSR count). The summed E-state index contributed by atoms with van der Waals surface area (Å²) >= 11 is 6.45. The lowest BCUT2D eigenvalue weighted by atomic mass is 10.0. The normalized spacial score (nSPS) is 15.7. The van der Waals surface area contributed by atoms with E-state index in [1.165, 1.54) is 6.42 Å². The van der Waals surface area contributed by atoms with Crippen molar-refractivity contribution < 1.29 is 24.2 Å². The molecule has 1 saturated heterocycles. The van der Waals surface area contributed by atoms with Gasteiger partial charge in [-0.1, -0.05) is 11.6 Å². The Hall–Kier alpha value is -2.15. The van der Waals surface area contributed by atoms with E-state index in [1.54, 1.807) is 33.9 Å². The van der Waals surface area contributed by atoms with Gasteiger partial charge in [-0.3, -0.25) is 0 Å². The van der Waals surface area contributed by atoms with Crippen molar-refractivity contribution in [3.8, 4) is 5.75 Å². The molecular formula is C20H29ClN2O5. The highest BCUT2D eigenvalue weighted by molar-refractivity contribution is 6.31. The minimum Gasteiger partial charge on any atom is -0.495 e. The first-order chi connectivity index (χ1) is 13.1. The number of hydrogen-bond donors (Lipinski definition) is 2. The van der Waals surface area contributed by atoms with E-state index in [0.717, 1.165) is 31.6 Å². The van der Waals surface area contributed by atoms with Gasteiger partial charge in [-0.15, -0.1) is 0 Å². The first-order valence-corrected chi connectivity index (χ1v) is 9.82. The van der Waals surface area contributed by atoms with Crippen LogP contribution in [0, 0.1) is 0 Å². The summed E-state index contributed by atoms with van der Waals surface area (Å²) in [6.45, 7) is 7.00. The smallest absolute Gasteiger partial charge is 0.408 e. The molecule has 0 bridgehead atoms. The fraction of sp³-hybridized carbons (Fsp3) is 0.600. The second-order valence-electron chi connectivity index (χ2n) is 7.90. The highest BCUT2D eigenvalue weighted by Crippen LogP contribution is 2.36. The summed E-state index contributed by atoms with van der Waals surface area (Å²) in [7, 11) is 1.58. The van der Waals surface area contributed by atoms with Crippen LogP contribution in [0.15, 0.2) is 12.1 Å². The van der Waals surface area contributed by atoms with Crippen LogP contribution in [0.5, 0.6) is 5.75 Å². The zero-order valence-electron chi connectivity index (χ0n) is 16.9. The Morgan fingerprint density at radius 1 is 1.25 bits per heavy atom. The van der Waals surface area contributed by atoms with Gasteiger partial charge in [-0.25, -0.2) is 9.59 Å². The number of halogens is 1. The van der Waals surface area contributed by atoms with Gasteiger partial charge in [0.2, 0.25) is 0 Å². The third-order valence-electron chi connectivity index (χ3n) is 4.46. The van der Waals surface area contributed by atoms with Crippen LogP contribution in [-0.4, -0.2) is 49.0 Å². The van der Waals surface area contributed by atoms with Gasteiger partial charge in [0.1, 0.15) is 17.4 Å². The van der Waals surface area contributed by atoms with E-state index in [-0.39, 0.29) is 6.42 Å². The first kappa shape index (κ1) is 22.1. The molecule has 0 aromatic heterocycles. The largest absolute Gasteiger partial charge is 0.495 e. The second kappa shape index (κ2) is 9.37. The fourth-order valence-corrected chi connectivity index (χ4v) is 3.39. The van der Waals surface area contributed by atoms with Gasteiger partial charge in [0.25, 0.3) is 0 Å². The number of nitrogens with zero attached hydrogens (tertiary/aromatic N) is 1. The number of carbonyl (C=O) groups excluding carboxylic acids is 1. The molecule has 8 heteroatoms. The number of rotatable bonds is 6. The Morgan fingerprint density at radius 2 is 1.89 bits per heavy atom. The first-order valence-electron chi connectivity index (χ1n) is 9.44. The van der Waals surface area contributed by atoms with E-state index in [2.05, 4.69) is 10.2 Å². The molecule has 1 aliphatic heterocycles. The number of hydrogen-bond acceptors (Lipinski definition) is 5. The van der Waals surface area contributed by atoms with Crippen molar-refractivity contribution in [3.05, 3.63) is 22.7 Å². The molecule has 1 fully saturated rings. The molecule has 28 heavy (non-hydrogen) atoms. The lowest BCUT2D eigenvalue weighted by Gasteiger charge is -2.30. The molecule has 1 aliphatic rings. The van der Waals surface area contributed by atoms with Crippen LogP contribution in [-0.2, 0) is 16.0 Å². The van der Waals surface area contributed by atoms with E-state index >= 15 is 0 Å². The maximum atomic E-state index is 12.0. The number of benzene rings is 1. The number of alkyl carbamates (subject to hydrolysis) is 1. The predicted octanol–water partition coefficient (Wildman–Crippen LogP) is 3.86. The molecule has 2 N–H and O–H groups in total. The number of carboxylic acids is 1. The van der Waals surface area contributed by atoms with Crippen LogP contribution >= 0.6 is 11.6 Å².